The van der Waals surface area contributed by atoms with Crippen molar-refractivity contribution < 1.29 is 13.2 Å². The lowest BCUT2D eigenvalue weighted by molar-refractivity contribution is -0.123. The van der Waals surface area contributed by atoms with Gasteiger partial charge in [-0.2, -0.15) is 0 Å². The number of carbonyl (C=O) groups is 1. The van der Waals surface area contributed by atoms with E-state index in [2.05, 4.69) is 10.0 Å². The van der Waals surface area contributed by atoms with Crippen molar-refractivity contribution in [1.82, 2.24) is 10.0 Å². The Balaban J connectivity index is 3.96. The highest BCUT2D eigenvalue weighted by Crippen LogP contribution is 1.97. The van der Waals surface area contributed by atoms with E-state index in [1.54, 1.807) is 6.92 Å². The molecule has 0 heterocycles. The molecule has 0 aliphatic carbocycles. The van der Waals surface area contributed by atoms with Gasteiger partial charge < -0.3 is 11.1 Å². The third-order valence-electron chi connectivity index (χ3n) is 2.06. The Labute approximate surface area is 97.0 Å². The Morgan fingerprint density at radius 2 is 1.94 bits per heavy atom. The van der Waals surface area contributed by atoms with Crippen LogP contribution in [0, 0.1) is 5.92 Å². The third kappa shape index (κ3) is 6.04. The number of rotatable bonds is 7. The van der Waals surface area contributed by atoms with Gasteiger partial charge >= 0.3 is 0 Å². The maximum atomic E-state index is 11.4. The van der Waals surface area contributed by atoms with Gasteiger partial charge in [-0.3, -0.25) is 4.79 Å². The van der Waals surface area contributed by atoms with Crippen LogP contribution >= 0.6 is 0 Å². The second-order valence-corrected chi connectivity index (χ2v) is 5.80. The first-order chi connectivity index (χ1) is 7.30. The molecule has 0 aromatic heterocycles. The van der Waals surface area contributed by atoms with Crippen LogP contribution in [0.5, 0.6) is 0 Å². The van der Waals surface area contributed by atoms with Crippen molar-refractivity contribution in [3.05, 3.63) is 0 Å². The molecule has 96 valence electrons. The molecule has 4 N–H and O–H groups in total. The van der Waals surface area contributed by atoms with E-state index in [4.69, 9.17) is 5.73 Å². The Bertz CT molecular complexity index is 314. The Morgan fingerprint density at radius 1 is 1.38 bits per heavy atom. The standard InChI is InChI=1S/C9H21N3O3S/c1-4-12-16(14,15)6-5-11-9(13)8(10)7(2)3/h7-8,12H,4-6,10H2,1-3H3,(H,11,13)/t8-/m0/s1. The first kappa shape index (κ1) is 15.3. The number of amides is 1. The van der Waals surface area contributed by atoms with Crippen LogP contribution < -0.4 is 15.8 Å². The quantitative estimate of drug-likeness (QED) is 0.541. The van der Waals surface area contributed by atoms with Crippen LogP contribution in [0.4, 0.5) is 0 Å². The van der Waals surface area contributed by atoms with Crippen LogP contribution in [0.1, 0.15) is 20.8 Å². The van der Waals surface area contributed by atoms with Crippen LogP contribution in [0.15, 0.2) is 0 Å². The third-order valence-corrected chi connectivity index (χ3v) is 3.53. The highest BCUT2D eigenvalue weighted by molar-refractivity contribution is 7.89. The zero-order chi connectivity index (χ0) is 12.8. The fraction of sp³-hybridized carbons (Fsp3) is 0.889. The Morgan fingerprint density at radius 3 is 2.38 bits per heavy atom. The molecular weight excluding hydrogens is 230 g/mol. The molecule has 0 unspecified atom stereocenters. The minimum Gasteiger partial charge on any atom is -0.354 e. The van der Waals surface area contributed by atoms with Gasteiger partial charge in [0.15, 0.2) is 0 Å². The minimum absolute atomic E-state index is 0.0328. The van der Waals surface area contributed by atoms with Crippen LogP contribution in [-0.4, -0.2) is 39.2 Å². The summed E-state index contributed by atoms with van der Waals surface area (Å²) in [7, 11) is -3.28. The van der Waals surface area contributed by atoms with Gasteiger partial charge in [0.25, 0.3) is 0 Å². The summed E-state index contributed by atoms with van der Waals surface area (Å²) in [6, 6.07) is -0.596. The lowest BCUT2D eigenvalue weighted by atomic mass is 10.1. The van der Waals surface area contributed by atoms with Crippen LogP contribution in [0.25, 0.3) is 0 Å². The van der Waals surface area contributed by atoms with E-state index in [-0.39, 0.29) is 24.1 Å². The van der Waals surface area contributed by atoms with Crippen molar-refractivity contribution in [2.24, 2.45) is 11.7 Å². The molecule has 1 amide bonds. The van der Waals surface area contributed by atoms with E-state index in [0.717, 1.165) is 0 Å². The number of nitrogens with one attached hydrogen (secondary N) is 2. The van der Waals surface area contributed by atoms with Crippen molar-refractivity contribution in [2.45, 2.75) is 26.8 Å². The van der Waals surface area contributed by atoms with Gasteiger partial charge in [-0.15, -0.1) is 0 Å². The smallest absolute Gasteiger partial charge is 0.237 e. The fourth-order valence-corrected chi connectivity index (χ4v) is 1.98. The van der Waals surface area contributed by atoms with Gasteiger partial charge in [-0.05, 0) is 5.92 Å². The first-order valence-electron chi connectivity index (χ1n) is 5.30. The summed E-state index contributed by atoms with van der Waals surface area (Å²) in [5, 5.41) is 2.50. The van der Waals surface area contributed by atoms with Gasteiger partial charge in [0, 0.05) is 13.1 Å². The molecule has 0 rings (SSSR count). The van der Waals surface area contributed by atoms with Crippen molar-refractivity contribution in [1.29, 1.82) is 0 Å². The molecule has 0 saturated carbocycles. The normalized spacial score (nSPS) is 13.8. The summed E-state index contributed by atoms with van der Waals surface area (Å²) in [6.45, 7) is 5.79. The van der Waals surface area contributed by atoms with Gasteiger partial charge in [-0.1, -0.05) is 20.8 Å². The Hall–Kier alpha value is -0.660. The predicted octanol–water partition coefficient (Wildman–Crippen LogP) is -0.975. The average molecular weight is 251 g/mol. The monoisotopic (exact) mass is 251 g/mol. The van der Waals surface area contributed by atoms with E-state index in [1.807, 2.05) is 13.8 Å². The Kier molecular flexibility index (Phi) is 6.54. The van der Waals surface area contributed by atoms with E-state index >= 15 is 0 Å². The number of hydrogen-bond acceptors (Lipinski definition) is 4. The maximum Gasteiger partial charge on any atom is 0.237 e. The highest BCUT2D eigenvalue weighted by atomic mass is 32.2. The van der Waals surface area contributed by atoms with E-state index in [0.29, 0.717) is 6.54 Å². The zero-order valence-electron chi connectivity index (χ0n) is 9.99. The molecule has 0 saturated heterocycles. The van der Waals surface area contributed by atoms with Crippen molar-refractivity contribution in [3.63, 3.8) is 0 Å². The summed E-state index contributed by atoms with van der Waals surface area (Å²) in [5.74, 6) is -0.413. The molecular formula is C9H21N3O3S. The van der Waals surface area contributed by atoms with Crippen LogP contribution in [0.3, 0.4) is 0 Å². The molecule has 0 bridgehead atoms. The van der Waals surface area contributed by atoms with Crippen molar-refractivity contribution in [2.75, 3.05) is 18.8 Å². The summed E-state index contributed by atoms with van der Waals surface area (Å²) in [6.07, 6.45) is 0. The zero-order valence-corrected chi connectivity index (χ0v) is 10.8. The molecule has 0 spiro atoms. The summed E-state index contributed by atoms with van der Waals surface area (Å²) in [4.78, 5) is 11.4. The van der Waals surface area contributed by atoms with Crippen molar-refractivity contribution >= 4 is 15.9 Å². The van der Waals surface area contributed by atoms with Gasteiger partial charge in [0.05, 0.1) is 11.8 Å². The fourth-order valence-electron chi connectivity index (χ4n) is 1.02. The van der Waals surface area contributed by atoms with E-state index < -0.39 is 16.1 Å². The van der Waals surface area contributed by atoms with Gasteiger partial charge in [0.1, 0.15) is 0 Å². The first-order valence-corrected chi connectivity index (χ1v) is 6.96. The second-order valence-electron chi connectivity index (χ2n) is 3.88. The summed E-state index contributed by atoms with van der Waals surface area (Å²) >= 11 is 0. The lowest BCUT2D eigenvalue weighted by Crippen LogP contribution is -2.45. The lowest BCUT2D eigenvalue weighted by Gasteiger charge is -2.15. The van der Waals surface area contributed by atoms with E-state index in [9.17, 15) is 13.2 Å². The molecule has 0 aliphatic rings. The molecule has 16 heavy (non-hydrogen) atoms. The molecule has 0 radical (unpaired) electrons. The highest BCUT2D eigenvalue weighted by Gasteiger charge is 2.17. The number of carbonyl (C=O) groups excluding carboxylic acids is 1. The molecule has 0 fully saturated rings. The minimum atomic E-state index is -3.28. The number of nitrogens with two attached hydrogens (primary N) is 1. The molecule has 7 heteroatoms. The number of sulfonamides is 1. The molecule has 0 aromatic carbocycles. The molecule has 0 aliphatic heterocycles. The SMILES string of the molecule is CCNS(=O)(=O)CCNC(=O)[C@@H](N)C(C)C. The second kappa shape index (κ2) is 6.82. The maximum absolute atomic E-state index is 11.4. The molecule has 6 nitrogen and oxygen atoms in total. The van der Waals surface area contributed by atoms with E-state index in [1.165, 1.54) is 0 Å². The number of hydrogen-bond donors (Lipinski definition) is 3. The summed E-state index contributed by atoms with van der Waals surface area (Å²) < 4.78 is 24.8. The molecule has 1 atom stereocenters. The largest absolute Gasteiger partial charge is 0.354 e. The van der Waals surface area contributed by atoms with Crippen LogP contribution in [-0.2, 0) is 14.8 Å². The topological polar surface area (TPSA) is 101 Å². The van der Waals surface area contributed by atoms with Crippen LogP contribution in [0.2, 0.25) is 0 Å². The van der Waals surface area contributed by atoms with Crippen molar-refractivity contribution in [3.8, 4) is 0 Å². The van der Waals surface area contributed by atoms with Gasteiger partial charge in [-0.25, -0.2) is 13.1 Å². The summed E-state index contributed by atoms with van der Waals surface area (Å²) in [5.41, 5.74) is 5.59. The van der Waals surface area contributed by atoms with Gasteiger partial charge in [0.2, 0.25) is 15.9 Å². The average Bonchev–Trinajstić information content (AvgIpc) is 2.15. The predicted molar refractivity (Wildman–Crippen MR) is 63.3 cm³/mol. The molecule has 0 aromatic rings.